The largest absolute Gasteiger partial charge is 0.490 e. The van der Waals surface area contributed by atoms with Gasteiger partial charge in [0.15, 0.2) is 0 Å². The van der Waals surface area contributed by atoms with Crippen molar-refractivity contribution in [2.24, 2.45) is 5.92 Å². The number of hydrogen-bond acceptors (Lipinski definition) is 6. The standard InChI is InChI=1S/C32H46F3N3O4/c1-22-18-38(23(2)21-39)31(40)28-17-27(36(4)5)14-15-29(28)42-24(3)9-7-8-16-41-30(22)20-37(6)19-25-10-12-26(13-11-25)32(33,34)35/h10-15,17,22-24,30,39H,7-9,16,18-21H2,1-6H3/t22-,23+,24+,30-/m1/s1. The van der Waals surface area contributed by atoms with E-state index in [-0.39, 0.29) is 30.6 Å². The quantitative estimate of drug-likeness (QED) is 0.445. The molecule has 3 rings (SSSR count). The van der Waals surface area contributed by atoms with Crippen LogP contribution in [0.3, 0.4) is 0 Å². The van der Waals surface area contributed by atoms with Crippen molar-refractivity contribution >= 4 is 11.6 Å². The lowest BCUT2D eigenvalue weighted by Crippen LogP contribution is -2.47. The first kappa shape index (κ1) is 33.7. The van der Waals surface area contributed by atoms with Crippen LogP contribution in [0.1, 0.15) is 61.5 Å². The van der Waals surface area contributed by atoms with E-state index in [1.165, 1.54) is 12.1 Å². The molecule has 0 aliphatic carbocycles. The van der Waals surface area contributed by atoms with E-state index in [4.69, 9.17) is 9.47 Å². The van der Waals surface area contributed by atoms with Crippen molar-refractivity contribution in [3.05, 3.63) is 59.2 Å². The molecule has 1 aliphatic rings. The van der Waals surface area contributed by atoms with Crippen molar-refractivity contribution in [3.8, 4) is 5.75 Å². The van der Waals surface area contributed by atoms with Gasteiger partial charge in [-0.25, -0.2) is 0 Å². The smallest absolute Gasteiger partial charge is 0.416 e. The van der Waals surface area contributed by atoms with E-state index in [1.807, 2.05) is 69.9 Å². The summed E-state index contributed by atoms with van der Waals surface area (Å²) in [5.41, 5.74) is 1.43. The third kappa shape index (κ3) is 9.34. The zero-order valence-electron chi connectivity index (χ0n) is 25.7. The number of hydrogen-bond donors (Lipinski definition) is 1. The molecule has 1 amide bonds. The van der Waals surface area contributed by atoms with Gasteiger partial charge in [-0.1, -0.05) is 19.1 Å². The lowest BCUT2D eigenvalue weighted by Gasteiger charge is -2.36. The Morgan fingerprint density at radius 2 is 1.76 bits per heavy atom. The molecule has 1 heterocycles. The molecule has 1 aliphatic heterocycles. The van der Waals surface area contributed by atoms with Crippen LogP contribution in [-0.2, 0) is 17.5 Å². The van der Waals surface area contributed by atoms with Crippen LogP contribution >= 0.6 is 0 Å². The molecule has 0 saturated carbocycles. The lowest BCUT2D eigenvalue weighted by molar-refractivity contribution is -0.137. The molecule has 42 heavy (non-hydrogen) atoms. The zero-order chi connectivity index (χ0) is 31.0. The molecule has 0 bridgehead atoms. The zero-order valence-corrected chi connectivity index (χ0v) is 25.7. The van der Waals surface area contributed by atoms with Gasteiger partial charge in [-0.15, -0.1) is 0 Å². The van der Waals surface area contributed by atoms with Crippen molar-refractivity contribution < 1.29 is 32.5 Å². The van der Waals surface area contributed by atoms with Crippen LogP contribution in [0.2, 0.25) is 0 Å². The Labute approximate surface area is 248 Å². The molecule has 0 radical (unpaired) electrons. The molecule has 2 aromatic carbocycles. The van der Waals surface area contributed by atoms with Crippen LogP contribution in [0.25, 0.3) is 0 Å². The van der Waals surface area contributed by atoms with Crippen molar-refractivity contribution in [1.82, 2.24) is 9.80 Å². The van der Waals surface area contributed by atoms with Gasteiger partial charge >= 0.3 is 6.18 Å². The number of likely N-dealkylation sites (N-methyl/N-ethyl adjacent to an activating group) is 1. The fourth-order valence-corrected chi connectivity index (χ4v) is 5.13. The van der Waals surface area contributed by atoms with Crippen LogP contribution in [-0.4, -0.2) is 86.5 Å². The van der Waals surface area contributed by atoms with Gasteiger partial charge in [-0.05, 0) is 76.1 Å². The average Bonchev–Trinajstić information content (AvgIpc) is 2.93. The molecule has 4 atom stereocenters. The van der Waals surface area contributed by atoms with Crippen molar-refractivity contribution in [1.29, 1.82) is 0 Å². The number of rotatable bonds is 7. The van der Waals surface area contributed by atoms with Gasteiger partial charge in [-0.2, -0.15) is 13.2 Å². The first-order chi connectivity index (χ1) is 19.8. The van der Waals surface area contributed by atoms with Crippen LogP contribution < -0.4 is 9.64 Å². The second-order valence-corrected chi connectivity index (χ2v) is 11.8. The molecule has 0 aromatic heterocycles. The Hall–Kier alpha value is -2.82. The second-order valence-electron chi connectivity index (χ2n) is 11.8. The van der Waals surface area contributed by atoms with Gasteiger partial charge < -0.3 is 24.4 Å². The summed E-state index contributed by atoms with van der Waals surface area (Å²) in [5.74, 6) is 0.214. The number of ether oxygens (including phenoxy) is 2. The third-order valence-corrected chi connectivity index (χ3v) is 7.78. The maximum absolute atomic E-state index is 14.1. The second kappa shape index (κ2) is 15.1. The summed E-state index contributed by atoms with van der Waals surface area (Å²) in [5, 5.41) is 10.1. The SMILES string of the molecule is C[C@@H]1CN([C@@H](C)CO)C(=O)c2cc(N(C)C)ccc2O[C@@H](C)CCCCO[C@@H]1CN(C)Cc1ccc(C(F)(F)F)cc1. The Morgan fingerprint density at radius 3 is 2.38 bits per heavy atom. The minimum Gasteiger partial charge on any atom is -0.490 e. The summed E-state index contributed by atoms with van der Waals surface area (Å²) in [6, 6.07) is 10.4. The Balaban J connectivity index is 1.86. The predicted octanol–water partition coefficient (Wildman–Crippen LogP) is 5.70. The van der Waals surface area contributed by atoms with Crippen molar-refractivity contribution in [2.45, 2.75) is 71.0 Å². The van der Waals surface area contributed by atoms with Crippen LogP contribution in [0.5, 0.6) is 5.75 Å². The van der Waals surface area contributed by atoms with E-state index >= 15 is 0 Å². The van der Waals surface area contributed by atoms with Crippen molar-refractivity contribution in [3.63, 3.8) is 0 Å². The van der Waals surface area contributed by atoms with E-state index in [0.29, 0.717) is 37.6 Å². The number of nitrogens with zero attached hydrogens (tertiary/aromatic N) is 3. The minimum atomic E-state index is -4.37. The molecular formula is C32H46F3N3O4. The number of aliphatic hydroxyl groups is 1. The van der Waals surface area contributed by atoms with E-state index < -0.39 is 17.8 Å². The Morgan fingerprint density at radius 1 is 1.07 bits per heavy atom. The number of carbonyl (C=O) groups is 1. The Kier molecular flexibility index (Phi) is 12.1. The molecule has 2 aromatic rings. The van der Waals surface area contributed by atoms with Crippen LogP contribution in [0.15, 0.2) is 42.5 Å². The predicted molar refractivity (Wildman–Crippen MR) is 159 cm³/mol. The molecule has 0 unspecified atom stereocenters. The fraction of sp³-hybridized carbons (Fsp3) is 0.594. The molecule has 7 nitrogen and oxygen atoms in total. The van der Waals surface area contributed by atoms with E-state index in [1.54, 1.807) is 4.90 Å². The minimum absolute atomic E-state index is 0.0960. The Bertz CT molecular complexity index is 1140. The third-order valence-electron chi connectivity index (χ3n) is 7.78. The number of fused-ring (bicyclic) bond motifs is 1. The van der Waals surface area contributed by atoms with E-state index in [2.05, 4.69) is 0 Å². The molecule has 10 heteroatoms. The van der Waals surface area contributed by atoms with Gasteiger partial charge in [-0.3, -0.25) is 9.69 Å². The first-order valence-electron chi connectivity index (χ1n) is 14.7. The highest BCUT2D eigenvalue weighted by atomic mass is 19.4. The molecule has 0 spiro atoms. The lowest BCUT2D eigenvalue weighted by atomic mass is 10.0. The molecule has 0 fully saturated rings. The number of aliphatic hydroxyl groups excluding tert-OH is 1. The fourth-order valence-electron chi connectivity index (χ4n) is 5.13. The molecule has 1 N–H and O–H groups in total. The topological polar surface area (TPSA) is 65.5 Å². The van der Waals surface area contributed by atoms with Crippen molar-refractivity contribution in [2.75, 3.05) is 52.3 Å². The summed E-state index contributed by atoms with van der Waals surface area (Å²) in [6.45, 7) is 7.52. The highest BCUT2D eigenvalue weighted by molar-refractivity contribution is 5.98. The van der Waals surface area contributed by atoms with Crippen LogP contribution in [0, 0.1) is 5.92 Å². The summed E-state index contributed by atoms with van der Waals surface area (Å²) in [6.07, 6.45) is -2.16. The summed E-state index contributed by atoms with van der Waals surface area (Å²) < 4.78 is 51.6. The molecule has 0 saturated heterocycles. The van der Waals surface area contributed by atoms with E-state index in [0.717, 1.165) is 42.6 Å². The van der Waals surface area contributed by atoms with E-state index in [9.17, 15) is 23.1 Å². The number of carbonyl (C=O) groups excluding carboxylic acids is 1. The monoisotopic (exact) mass is 593 g/mol. The number of alkyl halides is 3. The number of anilines is 1. The highest BCUT2D eigenvalue weighted by Gasteiger charge is 2.31. The number of amides is 1. The normalized spacial score (nSPS) is 21.8. The molecule has 234 valence electrons. The van der Waals surface area contributed by atoms with Gasteiger partial charge in [0.05, 0.1) is 36.0 Å². The molecular weight excluding hydrogens is 547 g/mol. The van der Waals surface area contributed by atoms with Gasteiger partial charge in [0.25, 0.3) is 5.91 Å². The average molecular weight is 594 g/mol. The number of halogens is 3. The van der Waals surface area contributed by atoms with Gasteiger partial charge in [0.2, 0.25) is 0 Å². The van der Waals surface area contributed by atoms with Gasteiger partial charge in [0.1, 0.15) is 5.75 Å². The highest BCUT2D eigenvalue weighted by Crippen LogP contribution is 2.30. The van der Waals surface area contributed by atoms with Crippen LogP contribution in [0.4, 0.5) is 18.9 Å². The summed E-state index contributed by atoms with van der Waals surface area (Å²) in [4.78, 5) is 19.7. The maximum atomic E-state index is 14.1. The summed E-state index contributed by atoms with van der Waals surface area (Å²) in [7, 11) is 5.74. The number of benzene rings is 2. The summed E-state index contributed by atoms with van der Waals surface area (Å²) >= 11 is 0. The van der Waals surface area contributed by atoms with Gasteiger partial charge in [0, 0.05) is 51.9 Å². The maximum Gasteiger partial charge on any atom is 0.416 e. The first-order valence-corrected chi connectivity index (χ1v) is 14.7.